The van der Waals surface area contributed by atoms with Crippen LogP contribution in [-0.2, 0) is 14.4 Å². The van der Waals surface area contributed by atoms with Crippen molar-refractivity contribution in [1.82, 2.24) is 10.2 Å². The molecule has 1 unspecified atom stereocenters. The molecule has 0 bridgehead atoms. The fourth-order valence-corrected chi connectivity index (χ4v) is 4.26. The minimum absolute atomic E-state index is 0.00665. The summed E-state index contributed by atoms with van der Waals surface area (Å²) in [5.74, 6) is -1.07. The molecule has 1 aromatic carbocycles. The number of carbonyl (C=O) groups excluding carboxylic acids is 2. The highest BCUT2D eigenvalue weighted by Crippen LogP contribution is 2.32. The van der Waals surface area contributed by atoms with E-state index in [4.69, 9.17) is 12.2 Å². The molecule has 0 aromatic heterocycles. The van der Waals surface area contributed by atoms with Gasteiger partial charge in [-0.1, -0.05) is 53.8 Å². The first kappa shape index (κ1) is 22.4. The molecule has 1 saturated heterocycles. The molecule has 2 rings (SSSR count). The third-order valence-corrected chi connectivity index (χ3v) is 6.08. The SMILES string of the molecule is CSCCC(NC(=O)CCN1C(=O)C(=Cc2ccc(C)cc2)SC1=S)C(=O)O. The van der Waals surface area contributed by atoms with Crippen LogP contribution in [0.25, 0.3) is 6.08 Å². The average molecular weight is 439 g/mol. The van der Waals surface area contributed by atoms with E-state index < -0.39 is 17.9 Å². The molecule has 1 heterocycles. The monoisotopic (exact) mass is 438 g/mol. The lowest BCUT2D eigenvalue weighted by Gasteiger charge is -2.17. The van der Waals surface area contributed by atoms with E-state index in [1.165, 1.54) is 28.4 Å². The number of carbonyl (C=O) groups is 3. The minimum Gasteiger partial charge on any atom is -0.480 e. The molecule has 1 aromatic rings. The first-order chi connectivity index (χ1) is 13.3. The number of thiocarbonyl (C=S) groups is 1. The molecule has 1 fully saturated rings. The van der Waals surface area contributed by atoms with E-state index in [-0.39, 0.29) is 18.9 Å². The predicted molar refractivity (Wildman–Crippen MR) is 118 cm³/mol. The Bertz CT molecular complexity index is 793. The molecule has 6 nitrogen and oxygen atoms in total. The van der Waals surface area contributed by atoms with Crippen molar-refractivity contribution in [3.63, 3.8) is 0 Å². The molecule has 2 N–H and O–H groups in total. The summed E-state index contributed by atoms with van der Waals surface area (Å²) >= 11 is 7.99. The fourth-order valence-electron chi connectivity index (χ4n) is 2.48. The molecule has 0 saturated carbocycles. The van der Waals surface area contributed by atoms with Gasteiger partial charge in [0.25, 0.3) is 5.91 Å². The van der Waals surface area contributed by atoms with Crippen LogP contribution >= 0.6 is 35.7 Å². The molecule has 28 heavy (non-hydrogen) atoms. The largest absolute Gasteiger partial charge is 0.480 e. The smallest absolute Gasteiger partial charge is 0.326 e. The summed E-state index contributed by atoms with van der Waals surface area (Å²) < 4.78 is 0.397. The van der Waals surface area contributed by atoms with Gasteiger partial charge in [-0.3, -0.25) is 14.5 Å². The Labute approximate surface area is 178 Å². The van der Waals surface area contributed by atoms with Crippen LogP contribution in [0, 0.1) is 6.92 Å². The highest BCUT2D eigenvalue weighted by molar-refractivity contribution is 8.26. The van der Waals surface area contributed by atoms with Crippen molar-refractivity contribution in [2.45, 2.75) is 25.8 Å². The highest BCUT2D eigenvalue weighted by atomic mass is 32.2. The van der Waals surface area contributed by atoms with Crippen molar-refractivity contribution in [3.05, 3.63) is 40.3 Å². The van der Waals surface area contributed by atoms with Gasteiger partial charge in [0.05, 0.1) is 4.91 Å². The molecule has 150 valence electrons. The molecule has 0 aliphatic carbocycles. The molecule has 1 aliphatic rings. The van der Waals surface area contributed by atoms with Crippen LogP contribution in [0.4, 0.5) is 0 Å². The number of carboxylic acids is 1. The Morgan fingerprint density at radius 2 is 2.04 bits per heavy atom. The van der Waals surface area contributed by atoms with Gasteiger partial charge in [-0.15, -0.1) is 0 Å². The van der Waals surface area contributed by atoms with Crippen LogP contribution in [0.3, 0.4) is 0 Å². The lowest BCUT2D eigenvalue weighted by Crippen LogP contribution is -2.42. The number of rotatable bonds is 9. The van der Waals surface area contributed by atoms with Crippen LogP contribution in [0.15, 0.2) is 29.2 Å². The second-order valence-corrected chi connectivity index (χ2v) is 8.90. The zero-order valence-electron chi connectivity index (χ0n) is 15.6. The number of nitrogens with one attached hydrogen (secondary N) is 1. The average Bonchev–Trinajstić information content (AvgIpc) is 2.91. The van der Waals surface area contributed by atoms with Gasteiger partial charge in [0, 0.05) is 13.0 Å². The lowest BCUT2D eigenvalue weighted by molar-refractivity contribution is -0.142. The van der Waals surface area contributed by atoms with Crippen molar-refractivity contribution >= 4 is 63.9 Å². The minimum atomic E-state index is -1.06. The van der Waals surface area contributed by atoms with Crippen LogP contribution in [0.1, 0.15) is 24.0 Å². The van der Waals surface area contributed by atoms with E-state index in [1.807, 2.05) is 37.4 Å². The number of hydrogen-bond acceptors (Lipinski definition) is 6. The third kappa shape index (κ3) is 6.35. The van der Waals surface area contributed by atoms with Gasteiger partial charge in [0.15, 0.2) is 0 Å². The molecular weight excluding hydrogens is 416 g/mol. The topological polar surface area (TPSA) is 86.7 Å². The highest BCUT2D eigenvalue weighted by Gasteiger charge is 2.32. The maximum Gasteiger partial charge on any atom is 0.326 e. The second-order valence-electron chi connectivity index (χ2n) is 6.23. The summed E-state index contributed by atoms with van der Waals surface area (Å²) in [6.07, 6.45) is 4.00. The Balaban J connectivity index is 1.94. The van der Waals surface area contributed by atoms with Gasteiger partial charge in [0.1, 0.15) is 10.4 Å². The van der Waals surface area contributed by atoms with E-state index in [1.54, 1.807) is 6.08 Å². The molecule has 9 heteroatoms. The summed E-state index contributed by atoms with van der Waals surface area (Å²) in [4.78, 5) is 37.8. The van der Waals surface area contributed by atoms with Gasteiger partial charge in [-0.2, -0.15) is 11.8 Å². The van der Waals surface area contributed by atoms with E-state index in [9.17, 15) is 19.5 Å². The summed E-state index contributed by atoms with van der Waals surface area (Å²) in [5, 5.41) is 11.7. The van der Waals surface area contributed by atoms with Gasteiger partial charge >= 0.3 is 5.97 Å². The molecule has 2 amide bonds. The summed E-state index contributed by atoms with van der Waals surface area (Å²) in [5.41, 5.74) is 2.04. The van der Waals surface area contributed by atoms with Gasteiger partial charge in [-0.25, -0.2) is 4.79 Å². The number of thioether (sulfide) groups is 2. The van der Waals surface area contributed by atoms with Gasteiger partial charge in [-0.05, 0) is 37.0 Å². The van der Waals surface area contributed by atoms with Gasteiger partial charge < -0.3 is 10.4 Å². The number of amides is 2. The van der Waals surface area contributed by atoms with Crippen molar-refractivity contribution in [2.75, 3.05) is 18.6 Å². The zero-order chi connectivity index (χ0) is 20.7. The molecule has 0 spiro atoms. The van der Waals surface area contributed by atoms with Crippen LogP contribution in [0.2, 0.25) is 0 Å². The van der Waals surface area contributed by atoms with Crippen LogP contribution in [0.5, 0.6) is 0 Å². The number of hydrogen-bond donors (Lipinski definition) is 2. The first-order valence-corrected chi connectivity index (χ1v) is 11.3. The maximum atomic E-state index is 12.6. The normalized spacial score (nSPS) is 16.5. The number of benzene rings is 1. The van der Waals surface area contributed by atoms with Crippen LogP contribution in [-0.4, -0.2) is 56.7 Å². The third-order valence-electron chi connectivity index (χ3n) is 4.06. The van der Waals surface area contributed by atoms with E-state index >= 15 is 0 Å². The number of aliphatic carboxylic acids is 1. The van der Waals surface area contributed by atoms with Crippen molar-refractivity contribution in [1.29, 1.82) is 0 Å². The molecule has 1 aliphatic heterocycles. The summed E-state index contributed by atoms with van der Waals surface area (Å²) in [6.45, 7) is 2.11. The van der Waals surface area contributed by atoms with E-state index in [0.717, 1.165) is 11.1 Å². The first-order valence-electron chi connectivity index (χ1n) is 8.65. The maximum absolute atomic E-state index is 12.6. The molecular formula is C19H22N2O4S3. The number of aryl methyl sites for hydroxylation is 1. The summed E-state index contributed by atoms with van der Waals surface area (Å²) in [6, 6.07) is 6.86. The Hall–Kier alpha value is -1.84. The fraction of sp³-hybridized carbons (Fsp3) is 0.368. The van der Waals surface area contributed by atoms with E-state index in [2.05, 4.69) is 5.32 Å². The summed E-state index contributed by atoms with van der Waals surface area (Å²) in [7, 11) is 0. The molecule has 1 atom stereocenters. The van der Waals surface area contributed by atoms with Crippen LogP contribution < -0.4 is 5.32 Å². The second kappa shape index (κ2) is 10.6. The van der Waals surface area contributed by atoms with Crippen molar-refractivity contribution in [3.8, 4) is 0 Å². The Morgan fingerprint density at radius 1 is 1.36 bits per heavy atom. The Kier molecular flexibility index (Phi) is 8.53. The number of nitrogens with zero attached hydrogens (tertiary/aromatic N) is 1. The predicted octanol–water partition coefficient (Wildman–Crippen LogP) is 2.91. The van der Waals surface area contributed by atoms with E-state index in [0.29, 0.717) is 21.4 Å². The zero-order valence-corrected chi connectivity index (χ0v) is 18.1. The Morgan fingerprint density at radius 3 is 2.64 bits per heavy atom. The quantitative estimate of drug-likeness (QED) is 0.453. The van der Waals surface area contributed by atoms with Gasteiger partial charge in [0.2, 0.25) is 5.91 Å². The van der Waals surface area contributed by atoms with Crippen molar-refractivity contribution < 1.29 is 19.5 Å². The number of carboxylic acid groups (broad SMARTS) is 1. The standard InChI is InChI=1S/C19H22N2O4S3/c1-12-3-5-13(6-4-12)11-15-17(23)21(19(26)28-15)9-7-16(22)20-14(18(24)25)8-10-27-2/h3-6,11,14H,7-10H2,1-2H3,(H,20,22)(H,24,25). The molecule has 0 radical (unpaired) electrons. The lowest BCUT2D eigenvalue weighted by atomic mass is 10.1. The van der Waals surface area contributed by atoms with Crippen molar-refractivity contribution in [2.24, 2.45) is 0 Å².